The molecule has 63 heavy (non-hydrogen) atoms. The first-order valence-electron chi connectivity index (χ1n) is 21.5. The average Bonchev–Trinajstić information content (AvgIpc) is 3.94. The average molecular weight is 804 g/mol. The van der Waals surface area contributed by atoms with Crippen molar-refractivity contribution >= 4 is 93.3 Å². The Morgan fingerprint density at radius 2 is 0.651 bits per heavy atom. The lowest BCUT2D eigenvalue weighted by atomic mass is 9.96. The smallest absolute Gasteiger partial charge is 0.143 e. The van der Waals surface area contributed by atoms with Crippen LogP contribution in [0.4, 0.5) is 17.1 Å². The van der Waals surface area contributed by atoms with E-state index in [1.165, 1.54) is 43.4 Å². The molecule has 0 aliphatic carbocycles. The van der Waals surface area contributed by atoms with Crippen molar-refractivity contribution in [2.24, 2.45) is 0 Å². The van der Waals surface area contributed by atoms with Gasteiger partial charge in [-0.15, -0.1) is 0 Å². The van der Waals surface area contributed by atoms with Crippen molar-refractivity contribution in [1.29, 1.82) is 0 Å². The Morgan fingerprint density at radius 3 is 1.14 bits per heavy atom. The van der Waals surface area contributed by atoms with Crippen LogP contribution in [0.25, 0.3) is 110 Å². The number of anilines is 3. The first-order chi connectivity index (χ1) is 31.2. The highest BCUT2D eigenvalue weighted by molar-refractivity contribution is 6.23. The molecule has 13 aromatic rings. The van der Waals surface area contributed by atoms with E-state index in [0.717, 1.165) is 83.2 Å². The van der Waals surface area contributed by atoms with E-state index < -0.39 is 0 Å². The number of nitrogens with zero attached hydrogens (tertiary/aromatic N) is 1. The first kappa shape index (κ1) is 35.4. The van der Waals surface area contributed by atoms with Gasteiger partial charge in [0.05, 0.1) is 0 Å². The molecule has 0 spiro atoms. The van der Waals surface area contributed by atoms with Gasteiger partial charge in [0.1, 0.15) is 22.3 Å². The van der Waals surface area contributed by atoms with Gasteiger partial charge in [0, 0.05) is 49.7 Å². The summed E-state index contributed by atoms with van der Waals surface area (Å²) in [7, 11) is 0. The lowest BCUT2D eigenvalue weighted by Gasteiger charge is -2.26. The fourth-order valence-corrected chi connectivity index (χ4v) is 9.78. The summed E-state index contributed by atoms with van der Waals surface area (Å²) in [5.41, 5.74) is 13.5. The van der Waals surface area contributed by atoms with E-state index in [-0.39, 0.29) is 0 Å². The topological polar surface area (TPSA) is 29.5 Å². The minimum absolute atomic E-state index is 0.897. The van der Waals surface area contributed by atoms with Gasteiger partial charge in [-0.2, -0.15) is 0 Å². The minimum Gasteiger partial charge on any atom is -0.455 e. The summed E-state index contributed by atoms with van der Waals surface area (Å²) in [6, 6.07) is 80.4. The molecule has 11 aromatic carbocycles. The third-order valence-corrected chi connectivity index (χ3v) is 12.8. The molecule has 0 aliphatic heterocycles. The lowest BCUT2D eigenvalue weighted by Crippen LogP contribution is -2.09. The van der Waals surface area contributed by atoms with E-state index >= 15 is 0 Å². The number of furan rings is 2. The van der Waals surface area contributed by atoms with Gasteiger partial charge in [-0.25, -0.2) is 0 Å². The number of fused-ring (bicyclic) bond motifs is 11. The van der Waals surface area contributed by atoms with Crippen LogP contribution < -0.4 is 4.90 Å². The fourth-order valence-electron chi connectivity index (χ4n) is 9.78. The van der Waals surface area contributed by atoms with Crippen LogP contribution in [-0.2, 0) is 0 Å². The zero-order valence-electron chi connectivity index (χ0n) is 34.1. The fraction of sp³-hybridized carbons (Fsp3) is 0. The molecule has 0 atom stereocenters. The van der Waals surface area contributed by atoms with Crippen molar-refractivity contribution in [2.75, 3.05) is 4.90 Å². The van der Waals surface area contributed by atoms with Gasteiger partial charge in [-0.1, -0.05) is 158 Å². The molecule has 0 N–H and O–H groups in total. The van der Waals surface area contributed by atoms with Crippen molar-refractivity contribution in [2.45, 2.75) is 0 Å². The third kappa shape index (κ3) is 5.75. The van der Waals surface area contributed by atoms with Gasteiger partial charge < -0.3 is 13.7 Å². The van der Waals surface area contributed by atoms with E-state index in [9.17, 15) is 0 Å². The van der Waals surface area contributed by atoms with Crippen LogP contribution >= 0.6 is 0 Å². The standard InChI is InChI=1S/C60H37NO2/c1-2-12-42-35-43(22-21-38(42)11-1)39-23-29-46(30-24-39)61(47-31-25-40(26-32-47)53-36-44-13-3-5-15-49(44)57-51-17-7-9-19-55(51)62-59(53)57)48-33-27-41(28-34-48)54-37-45-14-4-6-16-50(45)58-52-18-8-10-20-56(52)63-60(54)58/h1-37H. The van der Waals surface area contributed by atoms with Crippen LogP contribution in [0.1, 0.15) is 0 Å². The summed E-state index contributed by atoms with van der Waals surface area (Å²) in [5, 5.41) is 11.8. The van der Waals surface area contributed by atoms with Gasteiger partial charge >= 0.3 is 0 Å². The highest BCUT2D eigenvalue weighted by Crippen LogP contribution is 2.45. The number of hydrogen-bond donors (Lipinski definition) is 0. The van der Waals surface area contributed by atoms with Gasteiger partial charge in [-0.05, 0) is 121 Å². The zero-order chi connectivity index (χ0) is 41.4. The minimum atomic E-state index is 0.897. The number of rotatable bonds is 6. The first-order valence-corrected chi connectivity index (χ1v) is 21.5. The highest BCUT2D eigenvalue weighted by atomic mass is 16.3. The number of benzene rings is 11. The largest absolute Gasteiger partial charge is 0.455 e. The van der Waals surface area contributed by atoms with Crippen molar-refractivity contribution < 1.29 is 8.83 Å². The maximum Gasteiger partial charge on any atom is 0.143 e. The Balaban J connectivity index is 0.938. The van der Waals surface area contributed by atoms with Crippen LogP contribution in [0.3, 0.4) is 0 Å². The Hall–Kier alpha value is -8.40. The highest BCUT2D eigenvalue weighted by Gasteiger charge is 2.20. The molecule has 0 amide bonds. The molecular weight excluding hydrogens is 767 g/mol. The molecule has 0 aliphatic rings. The Morgan fingerprint density at radius 1 is 0.270 bits per heavy atom. The monoisotopic (exact) mass is 803 g/mol. The predicted molar refractivity (Wildman–Crippen MR) is 265 cm³/mol. The van der Waals surface area contributed by atoms with Crippen LogP contribution in [0.15, 0.2) is 233 Å². The second-order valence-electron chi connectivity index (χ2n) is 16.4. The summed E-state index contributed by atoms with van der Waals surface area (Å²) < 4.78 is 13.3. The summed E-state index contributed by atoms with van der Waals surface area (Å²) in [6.45, 7) is 0. The van der Waals surface area contributed by atoms with Crippen LogP contribution in [0, 0.1) is 0 Å². The Labute approximate surface area is 363 Å². The molecule has 3 nitrogen and oxygen atoms in total. The van der Waals surface area contributed by atoms with Crippen LogP contribution in [0.2, 0.25) is 0 Å². The van der Waals surface area contributed by atoms with E-state index in [1.807, 2.05) is 12.1 Å². The molecule has 3 heteroatoms. The Bertz CT molecular complexity index is 3700. The molecule has 0 unspecified atom stereocenters. The molecule has 0 saturated heterocycles. The molecule has 13 rings (SSSR count). The van der Waals surface area contributed by atoms with E-state index in [4.69, 9.17) is 8.83 Å². The Kier molecular flexibility index (Phi) is 7.91. The molecule has 2 aromatic heterocycles. The number of para-hydroxylation sites is 2. The maximum absolute atomic E-state index is 6.63. The summed E-state index contributed by atoms with van der Waals surface area (Å²) in [6.07, 6.45) is 0. The van der Waals surface area contributed by atoms with Crippen molar-refractivity contribution in [1.82, 2.24) is 0 Å². The second kappa shape index (κ2) is 14.1. The molecular formula is C60H37NO2. The summed E-state index contributed by atoms with van der Waals surface area (Å²) in [5.74, 6) is 0. The number of hydrogen-bond acceptors (Lipinski definition) is 3. The van der Waals surface area contributed by atoms with E-state index in [2.05, 4.69) is 217 Å². The molecule has 0 fully saturated rings. The summed E-state index contributed by atoms with van der Waals surface area (Å²) in [4.78, 5) is 2.34. The maximum atomic E-state index is 6.63. The molecule has 2 heterocycles. The molecule has 294 valence electrons. The predicted octanol–water partition coefficient (Wildman–Crippen LogP) is 17.4. The van der Waals surface area contributed by atoms with Gasteiger partial charge in [-0.3, -0.25) is 0 Å². The summed E-state index contributed by atoms with van der Waals surface area (Å²) >= 11 is 0. The van der Waals surface area contributed by atoms with Crippen LogP contribution in [0.5, 0.6) is 0 Å². The third-order valence-electron chi connectivity index (χ3n) is 12.8. The van der Waals surface area contributed by atoms with Gasteiger partial charge in [0.2, 0.25) is 0 Å². The van der Waals surface area contributed by atoms with E-state index in [1.54, 1.807) is 0 Å². The van der Waals surface area contributed by atoms with Crippen molar-refractivity contribution in [3.8, 4) is 33.4 Å². The molecule has 0 bridgehead atoms. The zero-order valence-corrected chi connectivity index (χ0v) is 34.1. The van der Waals surface area contributed by atoms with Gasteiger partial charge in [0.15, 0.2) is 0 Å². The second-order valence-corrected chi connectivity index (χ2v) is 16.4. The van der Waals surface area contributed by atoms with Crippen LogP contribution in [-0.4, -0.2) is 0 Å². The van der Waals surface area contributed by atoms with E-state index in [0.29, 0.717) is 0 Å². The van der Waals surface area contributed by atoms with Crippen molar-refractivity contribution in [3.63, 3.8) is 0 Å². The van der Waals surface area contributed by atoms with Gasteiger partial charge in [0.25, 0.3) is 0 Å². The quantitative estimate of drug-likeness (QED) is 0.168. The van der Waals surface area contributed by atoms with Crippen molar-refractivity contribution in [3.05, 3.63) is 224 Å². The lowest BCUT2D eigenvalue weighted by molar-refractivity contribution is 0.670. The SMILES string of the molecule is c1ccc2cc(-c3ccc(N(c4ccc(-c5cc6ccccc6c6c5oc5ccccc56)cc4)c4ccc(-c5cc6ccccc6c6c5oc5ccccc56)cc4)cc3)ccc2c1. The molecule has 0 radical (unpaired) electrons. The molecule has 0 saturated carbocycles. The normalized spacial score (nSPS) is 11.8.